The number of benzene rings is 1. The molecule has 0 saturated carbocycles. The van der Waals surface area contributed by atoms with Crippen molar-refractivity contribution in [3.8, 4) is 0 Å². The summed E-state index contributed by atoms with van der Waals surface area (Å²) in [5.74, 6) is 0.842. The lowest BCUT2D eigenvalue weighted by atomic mass is 10.1. The Kier molecular flexibility index (Phi) is 9.37. The number of hydrogen-bond donors (Lipinski definition) is 2. The second-order valence-electron chi connectivity index (χ2n) is 6.23. The van der Waals surface area contributed by atoms with Crippen LogP contribution in [0.4, 0.5) is 0 Å². The van der Waals surface area contributed by atoms with Gasteiger partial charge in [0.15, 0.2) is 5.96 Å². The predicted molar refractivity (Wildman–Crippen MR) is 106 cm³/mol. The standard InChI is InChI=1S/C20H32N4O/c1-6-8-9-14-24(5)20(21-4)22-15-17-10-12-18(13-11-17)19(25)23-16(3)7-2/h6,10-13,16H,1,7-9,14-15H2,2-5H3,(H,21,22)(H,23,25). The Bertz CT molecular complexity index is 566. The Morgan fingerprint density at radius 2 is 2.04 bits per heavy atom. The van der Waals surface area contributed by atoms with Gasteiger partial charge >= 0.3 is 0 Å². The summed E-state index contributed by atoms with van der Waals surface area (Å²) >= 11 is 0. The minimum Gasteiger partial charge on any atom is -0.352 e. The van der Waals surface area contributed by atoms with Gasteiger partial charge in [-0.2, -0.15) is 0 Å². The average Bonchev–Trinajstić information content (AvgIpc) is 2.62. The van der Waals surface area contributed by atoms with E-state index in [2.05, 4.69) is 34.0 Å². The van der Waals surface area contributed by atoms with Crippen molar-refractivity contribution in [2.45, 2.75) is 45.7 Å². The summed E-state index contributed by atoms with van der Waals surface area (Å²) < 4.78 is 0. The topological polar surface area (TPSA) is 56.7 Å². The minimum absolute atomic E-state index is 0.0216. The third-order valence-electron chi connectivity index (χ3n) is 4.13. The number of allylic oxidation sites excluding steroid dienone is 1. The average molecular weight is 345 g/mol. The molecule has 1 amide bonds. The summed E-state index contributed by atoms with van der Waals surface area (Å²) in [5, 5.41) is 6.33. The van der Waals surface area contributed by atoms with Crippen LogP contribution in [0, 0.1) is 0 Å². The zero-order valence-electron chi connectivity index (χ0n) is 16.0. The zero-order valence-corrected chi connectivity index (χ0v) is 16.0. The van der Waals surface area contributed by atoms with Crippen molar-refractivity contribution in [1.29, 1.82) is 0 Å². The molecule has 0 aliphatic heterocycles. The fourth-order valence-electron chi connectivity index (χ4n) is 2.33. The first-order valence-electron chi connectivity index (χ1n) is 8.94. The molecule has 1 aromatic carbocycles. The molecule has 5 nitrogen and oxygen atoms in total. The van der Waals surface area contributed by atoms with Gasteiger partial charge in [-0.1, -0.05) is 25.1 Å². The van der Waals surface area contributed by atoms with Gasteiger partial charge in [0.1, 0.15) is 0 Å². The quantitative estimate of drug-likeness (QED) is 0.313. The summed E-state index contributed by atoms with van der Waals surface area (Å²) in [4.78, 5) is 18.5. The predicted octanol–water partition coefficient (Wildman–Crippen LogP) is 3.19. The van der Waals surface area contributed by atoms with Gasteiger partial charge in [-0.25, -0.2) is 0 Å². The number of hydrogen-bond acceptors (Lipinski definition) is 2. The molecule has 0 fully saturated rings. The summed E-state index contributed by atoms with van der Waals surface area (Å²) in [7, 11) is 3.81. The molecule has 5 heteroatoms. The Morgan fingerprint density at radius 3 is 2.60 bits per heavy atom. The van der Waals surface area contributed by atoms with Crippen LogP contribution in [-0.2, 0) is 6.54 Å². The highest BCUT2D eigenvalue weighted by Crippen LogP contribution is 2.06. The molecule has 1 unspecified atom stereocenters. The largest absolute Gasteiger partial charge is 0.352 e. The molecule has 0 radical (unpaired) electrons. The number of amides is 1. The van der Waals surface area contributed by atoms with Gasteiger partial charge in [-0.15, -0.1) is 6.58 Å². The number of carbonyl (C=O) groups excluding carboxylic acids is 1. The van der Waals surface area contributed by atoms with Gasteiger partial charge in [0, 0.05) is 38.8 Å². The van der Waals surface area contributed by atoms with Gasteiger partial charge in [0.2, 0.25) is 0 Å². The number of nitrogens with one attached hydrogen (secondary N) is 2. The summed E-state index contributed by atoms with van der Waals surface area (Å²) in [5.41, 5.74) is 1.80. The highest BCUT2D eigenvalue weighted by atomic mass is 16.1. The van der Waals surface area contributed by atoms with Crippen LogP contribution >= 0.6 is 0 Å². The smallest absolute Gasteiger partial charge is 0.251 e. The van der Waals surface area contributed by atoms with Crippen LogP contribution in [0.25, 0.3) is 0 Å². The Hall–Kier alpha value is -2.30. The summed E-state index contributed by atoms with van der Waals surface area (Å²) in [6, 6.07) is 7.87. The van der Waals surface area contributed by atoms with E-state index in [1.807, 2.05) is 44.3 Å². The van der Waals surface area contributed by atoms with Gasteiger partial charge < -0.3 is 15.5 Å². The van der Waals surface area contributed by atoms with E-state index < -0.39 is 0 Å². The number of nitrogens with zero attached hydrogens (tertiary/aromatic N) is 2. The van der Waals surface area contributed by atoms with Crippen LogP contribution in [-0.4, -0.2) is 43.4 Å². The number of carbonyl (C=O) groups is 1. The van der Waals surface area contributed by atoms with E-state index in [9.17, 15) is 4.79 Å². The van der Waals surface area contributed by atoms with Crippen LogP contribution in [0.3, 0.4) is 0 Å². The van der Waals surface area contributed by atoms with E-state index in [0.29, 0.717) is 12.1 Å². The van der Waals surface area contributed by atoms with Crippen molar-refractivity contribution in [2.75, 3.05) is 20.6 Å². The molecule has 0 spiro atoms. The van der Waals surface area contributed by atoms with Crippen molar-refractivity contribution in [3.63, 3.8) is 0 Å². The molecule has 25 heavy (non-hydrogen) atoms. The highest BCUT2D eigenvalue weighted by Gasteiger charge is 2.09. The maximum Gasteiger partial charge on any atom is 0.251 e. The molecule has 0 saturated heterocycles. The number of unbranched alkanes of at least 4 members (excludes halogenated alkanes) is 1. The molecule has 0 aliphatic rings. The van der Waals surface area contributed by atoms with Crippen molar-refractivity contribution in [1.82, 2.24) is 15.5 Å². The molecule has 1 atom stereocenters. The lowest BCUT2D eigenvalue weighted by molar-refractivity contribution is 0.0939. The molecule has 0 aromatic heterocycles. The molecule has 0 bridgehead atoms. The normalized spacial score (nSPS) is 12.4. The van der Waals surface area contributed by atoms with E-state index in [4.69, 9.17) is 0 Å². The van der Waals surface area contributed by atoms with E-state index in [0.717, 1.165) is 37.3 Å². The first-order valence-corrected chi connectivity index (χ1v) is 8.94. The van der Waals surface area contributed by atoms with Crippen molar-refractivity contribution < 1.29 is 4.79 Å². The summed E-state index contributed by atoms with van der Waals surface area (Å²) in [6.07, 6.45) is 4.92. The molecule has 0 aliphatic carbocycles. The molecule has 0 heterocycles. The highest BCUT2D eigenvalue weighted by molar-refractivity contribution is 5.94. The molecular weight excluding hydrogens is 312 g/mol. The number of guanidine groups is 1. The van der Waals surface area contributed by atoms with E-state index in [-0.39, 0.29) is 11.9 Å². The Balaban J connectivity index is 2.54. The monoisotopic (exact) mass is 344 g/mol. The zero-order chi connectivity index (χ0) is 18.7. The van der Waals surface area contributed by atoms with Gasteiger partial charge in [0.05, 0.1) is 0 Å². The second-order valence-corrected chi connectivity index (χ2v) is 6.23. The SMILES string of the molecule is C=CCCCN(C)C(=NC)NCc1ccc(C(=O)NC(C)CC)cc1. The third-order valence-corrected chi connectivity index (χ3v) is 4.13. The molecule has 1 aromatic rings. The maximum atomic E-state index is 12.1. The van der Waals surface area contributed by atoms with Crippen LogP contribution in [0.15, 0.2) is 41.9 Å². The Morgan fingerprint density at radius 1 is 1.36 bits per heavy atom. The van der Waals surface area contributed by atoms with E-state index >= 15 is 0 Å². The molecule has 138 valence electrons. The minimum atomic E-state index is -0.0216. The van der Waals surface area contributed by atoms with E-state index in [1.54, 1.807) is 7.05 Å². The van der Waals surface area contributed by atoms with Gasteiger partial charge in [0.25, 0.3) is 5.91 Å². The molecule has 2 N–H and O–H groups in total. The lowest BCUT2D eigenvalue weighted by Crippen LogP contribution is -2.39. The van der Waals surface area contributed by atoms with Crippen molar-refractivity contribution in [2.24, 2.45) is 4.99 Å². The first-order chi connectivity index (χ1) is 12.0. The van der Waals surface area contributed by atoms with Crippen LogP contribution in [0.1, 0.15) is 49.0 Å². The van der Waals surface area contributed by atoms with Gasteiger partial charge in [-0.05, 0) is 43.9 Å². The summed E-state index contributed by atoms with van der Waals surface area (Å²) in [6.45, 7) is 9.41. The van der Waals surface area contributed by atoms with E-state index in [1.165, 1.54) is 0 Å². The molecular formula is C20H32N4O. The fourth-order valence-corrected chi connectivity index (χ4v) is 2.33. The second kappa shape index (κ2) is 11.3. The lowest BCUT2D eigenvalue weighted by Gasteiger charge is -2.22. The van der Waals surface area contributed by atoms with Crippen molar-refractivity contribution in [3.05, 3.63) is 48.0 Å². The van der Waals surface area contributed by atoms with Gasteiger partial charge in [-0.3, -0.25) is 9.79 Å². The first kappa shape index (κ1) is 20.7. The number of aliphatic imine (C=N–C) groups is 1. The Labute approximate surface area is 152 Å². The van der Waals surface area contributed by atoms with Crippen LogP contribution in [0.5, 0.6) is 0 Å². The number of rotatable bonds is 9. The van der Waals surface area contributed by atoms with Crippen LogP contribution < -0.4 is 10.6 Å². The third kappa shape index (κ3) is 7.42. The fraction of sp³-hybridized carbons (Fsp3) is 0.500. The van der Waals surface area contributed by atoms with Crippen LogP contribution in [0.2, 0.25) is 0 Å². The maximum absolute atomic E-state index is 12.1. The molecule has 1 rings (SSSR count). The van der Waals surface area contributed by atoms with Crippen molar-refractivity contribution >= 4 is 11.9 Å².